The number of anilines is 2. The van der Waals surface area contributed by atoms with Crippen LogP contribution in [0.2, 0.25) is 0 Å². The molecule has 1 N–H and O–H groups in total. The molecule has 3 aromatic rings. The molecule has 1 aliphatic rings. The second-order valence-electron chi connectivity index (χ2n) is 9.24. The van der Waals surface area contributed by atoms with Crippen molar-refractivity contribution in [2.24, 2.45) is 0 Å². The first-order valence-electron chi connectivity index (χ1n) is 11.9. The molecule has 1 heterocycles. The van der Waals surface area contributed by atoms with Crippen molar-refractivity contribution in [2.75, 3.05) is 24.3 Å². The molecule has 0 saturated heterocycles. The summed E-state index contributed by atoms with van der Waals surface area (Å²) in [4.78, 5) is 31.5. The maximum absolute atomic E-state index is 14.1. The number of hydrogen-bond acceptors (Lipinski definition) is 6. The molecular weight excluding hydrogens is 485 g/mol. The zero-order valence-corrected chi connectivity index (χ0v) is 21.3. The van der Waals surface area contributed by atoms with E-state index >= 15 is 0 Å². The molecule has 0 fully saturated rings. The Kier molecular flexibility index (Phi) is 7.03. The molecule has 0 bridgehead atoms. The van der Waals surface area contributed by atoms with Gasteiger partial charge < -0.3 is 15.0 Å². The average molecular weight is 515 g/mol. The van der Waals surface area contributed by atoms with Gasteiger partial charge >= 0.3 is 12.1 Å². The van der Waals surface area contributed by atoms with Crippen LogP contribution in [0.3, 0.4) is 0 Å². The quantitative estimate of drug-likeness (QED) is 0.469. The maximum atomic E-state index is 14.1. The Bertz CT molecular complexity index is 1400. The van der Waals surface area contributed by atoms with E-state index in [1.807, 2.05) is 24.3 Å². The first-order valence-corrected chi connectivity index (χ1v) is 11.9. The number of benzene rings is 2. The number of nitrogens with zero attached hydrogens (tertiary/aromatic N) is 3. The fourth-order valence-electron chi connectivity index (χ4n) is 4.77. The van der Waals surface area contributed by atoms with Crippen LogP contribution in [0, 0.1) is 6.92 Å². The predicted octanol–water partition coefficient (Wildman–Crippen LogP) is 4.96. The molecule has 0 saturated carbocycles. The topological polar surface area (TPSA) is 76.5 Å². The first kappa shape index (κ1) is 26.2. The van der Waals surface area contributed by atoms with Crippen LogP contribution in [0.15, 0.2) is 47.3 Å². The van der Waals surface area contributed by atoms with E-state index in [4.69, 9.17) is 4.74 Å². The minimum absolute atomic E-state index is 0.0588. The standard InChI is InChI=1S/C27H29F3N4O3/c1-6-34-25(20-12-11-18(33(4)5)14-21(20)27(28,29)30)31-15(2)23(26(34)36)32-24-19-10-8-7-9-17(19)13-22(24)37-16(3)35/h7-12,14,22,24,32H,6,13H2,1-5H3/t22-,24?/m0/s1. The van der Waals surface area contributed by atoms with Crippen molar-refractivity contribution in [2.45, 2.75) is 52.1 Å². The summed E-state index contributed by atoms with van der Waals surface area (Å²) in [6.45, 7) is 4.69. The number of aryl methyl sites for hydroxylation is 1. The van der Waals surface area contributed by atoms with Crippen LogP contribution >= 0.6 is 0 Å². The van der Waals surface area contributed by atoms with Crippen molar-refractivity contribution in [3.05, 3.63) is 75.2 Å². The van der Waals surface area contributed by atoms with Gasteiger partial charge in [-0.3, -0.25) is 14.2 Å². The van der Waals surface area contributed by atoms with E-state index < -0.39 is 35.4 Å². The number of carbonyl (C=O) groups is 1. The molecule has 4 rings (SSSR count). The van der Waals surface area contributed by atoms with Gasteiger partial charge in [-0.05, 0) is 43.2 Å². The van der Waals surface area contributed by atoms with Gasteiger partial charge in [-0.1, -0.05) is 24.3 Å². The summed E-state index contributed by atoms with van der Waals surface area (Å²) in [7, 11) is 3.31. The van der Waals surface area contributed by atoms with Crippen molar-refractivity contribution < 1.29 is 22.7 Å². The average Bonchev–Trinajstić information content (AvgIpc) is 3.16. The van der Waals surface area contributed by atoms with Crippen LogP contribution in [0.25, 0.3) is 11.4 Å². The van der Waals surface area contributed by atoms with Gasteiger partial charge in [0.05, 0.1) is 17.3 Å². The Balaban J connectivity index is 1.83. The van der Waals surface area contributed by atoms with Gasteiger partial charge in [-0.25, -0.2) is 4.98 Å². The van der Waals surface area contributed by atoms with Crippen LogP contribution in [0.4, 0.5) is 24.5 Å². The third-order valence-corrected chi connectivity index (χ3v) is 6.53. The van der Waals surface area contributed by atoms with E-state index in [9.17, 15) is 22.8 Å². The summed E-state index contributed by atoms with van der Waals surface area (Å²) < 4.78 is 49.0. The largest absolute Gasteiger partial charge is 0.460 e. The number of fused-ring (bicyclic) bond motifs is 1. The Hall–Kier alpha value is -3.82. The Morgan fingerprint density at radius 2 is 1.92 bits per heavy atom. The van der Waals surface area contributed by atoms with Crippen LogP contribution in [-0.2, 0) is 28.7 Å². The fourth-order valence-corrected chi connectivity index (χ4v) is 4.77. The smallest absolute Gasteiger partial charge is 0.417 e. The number of esters is 1. The molecule has 0 amide bonds. The van der Waals surface area contributed by atoms with Crippen LogP contribution in [-0.4, -0.2) is 35.7 Å². The van der Waals surface area contributed by atoms with Crippen LogP contribution in [0.1, 0.15) is 42.3 Å². The van der Waals surface area contributed by atoms with Crippen molar-refractivity contribution >= 4 is 17.3 Å². The highest BCUT2D eigenvalue weighted by Gasteiger charge is 2.37. The first-order chi connectivity index (χ1) is 17.4. The summed E-state index contributed by atoms with van der Waals surface area (Å²) in [5.74, 6) is -0.502. The van der Waals surface area contributed by atoms with Crippen molar-refractivity contribution in [1.82, 2.24) is 9.55 Å². The van der Waals surface area contributed by atoms with Crippen molar-refractivity contribution in [1.29, 1.82) is 0 Å². The number of hydrogen-bond donors (Lipinski definition) is 1. The number of nitrogens with one attached hydrogen (secondary N) is 1. The molecule has 10 heteroatoms. The molecule has 1 aliphatic carbocycles. The molecule has 2 aromatic carbocycles. The lowest BCUT2D eigenvalue weighted by Gasteiger charge is -2.25. The van der Waals surface area contributed by atoms with Gasteiger partial charge in [-0.2, -0.15) is 13.2 Å². The minimum atomic E-state index is -4.65. The van der Waals surface area contributed by atoms with E-state index in [-0.39, 0.29) is 29.3 Å². The van der Waals surface area contributed by atoms with Crippen molar-refractivity contribution in [3.63, 3.8) is 0 Å². The molecule has 0 radical (unpaired) electrons. The normalized spacial score (nSPS) is 16.9. The number of aromatic nitrogens is 2. The third kappa shape index (κ3) is 5.05. The summed E-state index contributed by atoms with van der Waals surface area (Å²) in [6, 6.07) is 11.0. The Morgan fingerprint density at radius 3 is 2.54 bits per heavy atom. The van der Waals surface area contributed by atoms with E-state index in [1.54, 1.807) is 38.9 Å². The van der Waals surface area contributed by atoms with Gasteiger partial charge in [0.1, 0.15) is 17.6 Å². The van der Waals surface area contributed by atoms with Gasteiger partial charge in [0.2, 0.25) is 0 Å². The van der Waals surface area contributed by atoms with Crippen LogP contribution in [0.5, 0.6) is 0 Å². The molecule has 0 spiro atoms. The SMILES string of the molecule is CCn1c(-c2ccc(N(C)C)cc2C(F)(F)F)nc(C)c(NC2c3ccccc3C[C@@H]2OC(C)=O)c1=O. The highest BCUT2D eigenvalue weighted by Crippen LogP contribution is 2.39. The number of ether oxygens (including phenoxy) is 1. The highest BCUT2D eigenvalue weighted by molar-refractivity contribution is 5.69. The number of rotatable bonds is 6. The second-order valence-corrected chi connectivity index (χ2v) is 9.24. The molecule has 7 nitrogen and oxygen atoms in total. The van der Waals surface area contributed by atoms with E-state index in [0.29, 0.717) is 12.1 Å². The summed E-state index contributed by atoms with van der Waals surface area (Å²) in [5, 5.41) is 3.21. The summed E-state index contributed by atoms with van der Waals surface area (Å²) in [5.41, 5.74) is 1.12. The lowest BCUT2D eigenvalue weighted by Crippen LogP contribution is -2.32. The Morgan fingerprint density at radius 1 is 1.22 bits per heavy atom. The molecule has 1 aromatic heterocycles. The highest BCUT2D eigenvalue weighted by atomic mass is 19.4. The lowest BCUT2D eigenvalue weighted by molar-refractivity contribution is -0.146. The van der Waals surface area contributed by atoms with Crippen molar-refractivity contribution in [3.8, 4) is 11.4 Å². The molecule has 2 atom stereocenters. The fraction of sp³-hybridized carbons (Fsp3) is 0.370. The Labute approximate surface area is 212 Å². The molecule has 1 unspecified atom stereocenters. The summed E-state index contributed by atoms with van der Waals surface area (Å²) >= 11 is 0. The van der Waals surface area contributed by atoms with Crippen LogP contribution < -0.4 is 15.8 Å². The minimum Gasteiger partial charge on any atom is -0.460 e. The van der Waals surface area contributed by atoms with Gasteiger partial charge in [-0.15, -0.1) is 0 Å². The molecule has 196 valence electrons. The number of halogens is 3. The zero-order valence-electron chi connectivity index (χ0n) is 21.3. The second kappa shape index (κ2) is 9.91. The number of carbonyl (C=O) groups excluding carboxylic acids is 1. The van der Waals surface area contributed by atoms with Gasteiger partial charge in [0.25, 0.3) is 5.56 Å². The lowest BCUT2D eigenvalue weighted by atomic mass is 10.0. The monoisotopic (exact) mass is 514 g/mol. The van der Waals surface area contributed by atoms with E-state index in [0.717, 1.165) is 17.2 Å². The summed E-state index contributed by atoms with van der Waals surface area (Å²) in [6.07, 6.45) is -4.71. The van der Waals surface area contributed by atoms with E-state index in [1.165, 1.54) is 17.6 Å². The molecule has 0 aliphatic heterocycles. The van der Waals surface area contributed by atoms with Gasteiger partial charge in [0, 0.05) is 45.2 Å². The molecule has 37 heavy (non-hydrogen) atoms. The zero-order chi connectivity index (χ0) is 27.1. The third-order valence-electron chi connectivity index (χ3n) is 6.53. The van der Waals surface area contributed by atoms with E-state index in [2.05, 4.69) is 10.3 Å². The number of alkyl halides is 3. The van der Waals surface area contributed by atoms with Gasteiger partial charge in [0.15, 0.2) is 0 Å². The molecular formula is C27H29F3N4O3. The predicted molar refractivity (Wildman–Crippen MR) is 136 cm³/mol. The maximum Gasteiger partial charge on any atom is 0.417 e.